The Morgan fingerprint density at radius 2 is 1.50 bits per heavy atom. The van der Waals surface area contributed by atoms with Gasteiger partial charge in [0, 0.05) is 0 Å². The largest absolute Gasteiger partial charge is 0.373 e. The number of hydrogen-bond acceptors (Lipinski definition) is 7. The van der Waals surface area contributed by atoms with Crippen molar-refractivity contribution in [3.05, 3.63) is 0 Å². The maximum atomic E-state index is 10.6. The van der Waals surface area contributed by atoms with Crippen LogP contribution < -0.4 is 16.6 Å². The zero-order valence-electron chi connectivity index (χ0n) is 7.84. The highest BCUT2D eigenvalue weighted by molar-refractivity contribution is 7.84. The van der Waals surface area contributed by atoms with Crippen molar-refractivity contribution in [3.8, 4) is 0 Å². The van der Waals surface area contributed by atoms with Crippen LogP contribution in [0.3, 0.4) is 0 Å². The van der Waals surface area contributed by atoms with Crippen LogP contribution in [0.25, 0.3) is 0 Å². The molecule has 2 atom stereocenters. The summed E-state index contributed by atoms with van der Waals surface area (Å²) in [5.74, 6) is 0. The van der Waals surface area contributed by atoms with E-state index < -0.39 is 27.9 Å². The van der Waals surface area contributed by atoms with Crippen LogP contribution in [-0.4, -0.2) is 36.2 Å². The summed E-state index contributed by atoms with van der Waals surface area (Å²) in [5, 5.41) is 23.1. The van der Waals surface area contributed by atoms with Gasteiger partial charge in [0.1, 0.15) is 11.4 Å². The lowest BCUT2D eigenvalue weighted by Gasteiger charge is -2.35. The molecule has 0 spiro atoms. The molecule has 0 aromatic rings. The predicted molar refractivity (Wildman–Crippen MR) is 47.6 cm³/mol. The van der Waals surface area contributed by atoms with Gasteiger partial charge in [0.15, 0.2) is 6.10 Å². The molecule has 0 fully saturated rings. The molecule has 0 saturated heterocycles. The van der Waals surface area contributed by atoms with E-state index in [9.17, 15) is 18.6 Å². The van der Waals surface area contributed by atoms with Gasteiger partial charge in [0.25, 0.3) is 0 Å². The summed E-state index contributed by atoms with van der Waals surface area (Å²) in [7, 11) is -4.37. The molecule has 0 aliphatic heterocycles. The van der Waals surface area contributed by atoms with E-state index in [2.05, 4.69) is 9.32 Å². The van der Waals surface area contributed by atoms with Crippen LogP contribution in [0.2, 0.25) is 0 Å². The Hall–Kier alpha value is -0.290. The van der Waals surface area contributed by atoms with E-state index >= 15 is 0 Å². The average Bonchev–Trinajstić information content (AvgIpc) is 1.75. The van der Waals surface area contributed by atoms with Gasteiger partial charge in [-0.3, -0.25) is 0 Å². The van der Waals surface area contributed by atoms with Gasteiger partial charge in [-0.25, -0.2) is 9.32 Å². The molecule has 9 heteroatoms. The summed E-state index contributed by atoms with van der Waals surface area (Å²) in [6.07, 6.45) is -1.77. The van der Waals surface area contributed by atoms with E-state index in [1.807, 2.05) is 0 Å². The molecule has 0 heterocycles. The van der Waals surface area contributed by atoms with Crippen molar-refractivity contribution in [2.45, 2.75) is 31.4 Å². The van der Waals surface area contributed by atoms with Crippen molar-refractivity contribution < 1.29 is 22.8 Å². The molecule has 0 saturated carbocycles. The maximum Gasteiger partial charge on any atom is 0.333 e. The third kappa shape index (κ3) is 4.81. The Bertz CT molecular complexity index is 273. The first-order valence-electron chi connectivity index (χ1n) is 3.57. The standard InChI is InChI=1S/C5H15N3O5S/c1-4(6,9)3(5(2,7)10)13-14(8,11)12/h3,9-10H,6-7H2,1-2H3,(H2,8,11,12). The zero-order valence-corrected chi connectivity index (χ0v) is 8.65. The minimum absolute atomic E-state index is 1.02. The summed E-state index contributed by atoms with van der Waals surface area (Å²) < 4.78 is 25.3. The fourth-order valence-electron chi connectivity index (χ4n) is 0.921. The molecule has 0 aromatic heterocycles. The van der Waals surface area contributed by atoms with E-state index in [0.29, 0.717) is 0 Å². The highest BCUT2D eigenvalue weighted by Gasteiger charge is 2.43. The second-order valence-corrected chi connectivity index (χ2v) is 4.60. The monoisotopic (exact) mass is 229 g/mol. The van der Waals surface area contributed by atoms with E-state index in [-0.39, 0.29) is 0 Å². The van der Waals surface area contributed by atoms with Crippen molar-refractivity contribution >= 4 is 10.3 Å². The van der Waals surface area contributed by atoms with Crippen LogP contribution in [0, 0.1) is 0 Å². The minimum atomic E-state index is -4.37. The third-order valence-electron chi connectivity index (χ3n) is 1.29. The first kappa shape index (κ1) is 13.7. The molecule has 0 radical (unpaired) electrons. The summed E-state index contributed by atoms with van der Waals surface area (Å²) >= 11 is 0. The lowest BCUT2D eigenvalue weighted by Crippen LogP contribution is -2.64. The maximum absolute atomic E-state index is 10.6. The van der Waals surface area contributed by atoms with Crippen LogP contribution >= 0.6 is 0 Å². The van der Waals surface area contributed by atoms with Gasteiger partial charge in [-0.05, 0) is 13.8 Å². The van der Waals surface area contributed by atoms with Crippen molar-refractivity contribution in [3.63, 3.8) is 0 Å². The summed E-state index contributed by atoms with van der Waals surface area (Å²) in [4.78, 5) is 0. The Morgan fingerprint density at radius 3 is 1.57 bits per heavy atom. The molecule has 86 valence electrons. The van der Waals surface area contributed by atoms with Gasteiger partial charge in [-0.1, -0.05) is 0 Å². The summed E-state index contributed by atoms with van der Waals surface area (Å²) in [6.45, 7) is 2.04. The van der Waals surface area contributed by atoms with Gasteiger partial charge in [0.05, 0.1) is 0 Å². The van der Waals surface area contributed by atoms with E-state index in [0.717, 1.165) is 13.8 Å². The normalized spacial score (nSPS) is 23.6. The Labute approximate surface area is 81.9 Å². The van der Waals surface area contributed by atoms with E-state index in [1.54, 1.807) is 0 Å². The second-order valence-electron chi connectivity index (χ2n) is 3.42. The third-order valence-corrected chi connectivity index (χ3v) is 1.75. The molecule has 0 amide bonds. The smallest absolute Gasteiger partial charge is 0.333 e. The SMILES string of the molecule is CC(N)(O)C(OS(N)(=O)=O)C(C)(N)O. The summed E-state index contributed by atoms with van der Waals surface area (Å²) in [6, 6.07) is 0. The van der Waals surface area contributed by atoms with E-state index in [4.69, 9.17) is 11.5 Å². The van der Waals surface area contributed by atoms with Crippen molar-refractivity contribution in [2.24, 2.45) is 16.6 Å². The van der Waals surface area contributed by atoms with Crippen LogP contribution in [-0.2, 0) is 14.5 Å². The molecule has 8 nitrogen and oxygen atoms in total. The quantitative estimate of drug-likeness (QED) is 0.319. The fourth-order valence-corrected chi connectivity index (χ4v) is 1.58. The Morgan fingerprint density at radius 1 is 1.21 bits per heavy atom. The molecule has 0 aliphatic rings. The molecule has 0 aromatic carbocycles. The first-order chi connectivity index (χ1) is 5.84. The van der Waals surface area contributed by atoms with E-state index in [1.165, 1.54) is 0 Å². The molecule has 14 heavy (non-hydrogen) atoms. The van der Waals surface area contributed by atoms with Gasteiger partial charge in [0.2, 0.25) is 0 Å². The Kier molecular flexibility index (Phi) is 3.62. The molecule has 2 unspecified atom stereocenters. The number of rotatable bonds is 4. The van der Waals surface area contributed by atoms with Crippen LogP contribution in [0.1, 0.15) is 13.8 Å². The topological polar surface area (TPSA) is 162 Å². The molecule has 0 aliphatic carbocycles. The van der Waals surface area contributed by atoms with Gasteiger partial charge in [-0.2, -0.15) is 8.42 Å². The predicted octanol–water partition coefficient (Wildman–Crippen LogP) is -3.09. The number of aliphatic hydroxyl groups is 2. The Balaban J connectivity index is 4.97. The average molecular weight is 229 g/mol. The van der Waals surface area contributed by atoms with Crippen molar-refractivity contribution in [1.82, 2.24) is 0 Å². The summed E-state index contributed by atoms with van der Waals surface area (Å²) in [5.41, 5.74) is 5.99. The van der Waals surface area contributed by atoms with Crippen LogP contribution in [0.15, 0.2) is 0 Å². The highest BCUT2D eigenvalue weighted by atomic mass is 32.2. The number of nitrogens with two attached hydrogens (primary N) is 3. The molecular formula is C5H15N3O5S. The molecular weight excluding hydrogens is 214 g/mol. The molecule has 0 rings (SSSR count). The van der Waals surface area contributed by atoms with Crippen molar-refractivity contribution in [2.75, 3.05) is 0 Å². The first-order valence-corrected chi connectivity index (χ1v) is 5.04. The molecule has 0 bridgehead atoms. The second kappa shape index (κ2) is 3.70. The van der Waals surface area contributed by atoms with Gasteiger partial charge < -0.3 is 21.7 Å². The lowest BCUT2D eigenvalue weighted by atomic mass is 10.0. The van der Waals surface area contributed by atoms with Crippen LogP contribution in [0.5, 0.6) is 0 Å². The molecule has 8 N–H and O–H groups in total. The zero-order chi connectivity index (χ0) is 11.8. The fraction of sp³-hybridized carbons (Fsp3) is 1.00. The van der Waals surface area contributed by atoms with Crippen molar-refractivity contribution in [1.29, 1.82) is 0 Å². The number of hydrogen-bond donors (Lipinski definition) is 5. The highest BCUT2D eigenvalue weighted by Crippen LogP contribution is 2.17. The van der Waals surface area contributed by atoms with Crippen LogP contribution in [0.4, 0.5) is 0 Å². The minimum Gasteiger partial charge on any atom is -0.373 e. The lowest BCUT2D eigenvalue weighted by molar-refractivity contribution is -0.139. The van der Waals surface area contributed by atoms with Gasteiger partial charge in [-0.15, -0.1) is 0 Å². The van der Waals surface area contributed by atoms with Gasteiger partial charge >= 0.3 is 10.3 Å².